The van der Waals surface area contributed by atoms with Crippen LogP contribution in [0, 0.1) is 0 Å². The molecule has 5 nitrogen and oxygen atoms in total. The number of primary amides is 1. The van der Waals surface area contributed by atoms with E-state index >= 15 is 0 Å². The molecule has 0 radical (unpaired) electrons. The first-order valence-corrected chi connectivity index (χ1v) is 5.69. The third-order valence-corrected chi connectivity index (χ3v) is 3.88. The van der Waals surface area contributed by atoms with Gasteiger partial charge in [0.1, 0.15) is 10.9 Å². The summed E-state index contributed by atoms with van der Waals surface area (Å²) in [6.07, 6.45) is 0.574. The predicted molar refractivity (Wildman–Crippen MR) is 57.4 cm³/mol. The largest absolute Gasteiger partial charge is 0.480 e. The van der Waals surface area contributed by atoms with Crippen LogP contribution in [-0.4, -0.2) is 39.4 Å². The van der Waals surface area contributed by atoms with Gasteiger partial charge in [0, 0.05) is 5.75 Å². The minimum Gasteiger partial charge on any atom is -0.480 e. The number of rotatable bonds is 5. The van der Waals surface area contributed by atoms with Gasteiger partial charge in [-0.15, -0.1) is 11.8 Å². The Morgan fingerprint density at radius 1 is 1.71 bits per heavy atom. The molecule has 2 atom stereocenters. The molecular formula is C7H12N2O3S2. The first kappa shape index (κ1) is 11.7. The van der Waals surface area contributed by atoms with E-state index in [1.54, 1.807) is 0 Å². The molecule has 1 amide bonds. The lowest BCUT2D eigenvalue weighted by atomic mass is 10.1. The first-order valence-electron chi connectivity index (χ1n) is 4.07. The van der Waals surface area contributed by atoms with Gasteiger partial charge in [-0.25, -0.2) is 0 Å². The third-order valence-electron chi connectivity index (χ3n) is 2.09. The van der Waals surface area contributed by atoms with E-state index in [9.17, 15) is 9.59 Å². The highest BCUT2D eigenvalue weighted by atomic mass is 32.2. The number of carboxylic acids is 1. The molecule has 1 fully saturated rings. The van der Waals surface area contributed by atoms with Crippen LogP contribution in [-0.2, 0) is 9.59 Å². The van der Waals surface area contributed by atoms with Gasteiger partial charge in [-0.1, -0.05) is 0 Å². The molecule has 1 saturated heterocycles. The lowest BCUT2D eigenvalue weighted by Gasteiger charge is -2.40. The van der Waals surface area contributed by atoms with Gasteiger partial charge in [0.25, 0.3) is 0 Å². The second-order valence-electron chi connectivity index (χ2n) is 3.01. The van der Waals surface area contributed by atoms with E-state index in [2.05, 4.69) is 17.9 Å². The Hall–Kier alpha value is -0.400. The van der Waals surface area contributed by atoms with Crippen molar-refractivity contribution in [1.29, 1.82) is 0 Å². The summed E-state index contributed by atoms with van der Waals surface area (Å²) < 4.78 is 0. The summed E-state index contributed by atoms with van der Waals surface area (Å²) in [7, 11) is 0. The van der Waals surface area contributed by atoms with Crippen LogP contribution in [0.3, 0.4) is 0 Å². The Balaban J connectivity index is 2.64. The van der Waals surface area contributed by atoms with Crippen LogP contribution in [0.25, 0.3) is 0 Å². The van der Waals surface area contributed by atoms with Crippen LogP contribution in [0.15, 0.2) is 0 Å². The maximum atomic E-state index is 11.1. The number of hydrogen-bond donors (Lipinski definition) is 4. The highest BCUT2D eigenvalue weighted by Crippen LogP contribution is 2.38. The normalized spacial score (nSPS) is 27.8. The van der Waals surface area contributed by atoms with Crippen LogP contribution < -0.4 is 11.1 Å². The minimum absolute atomic E-state index is 0.130. The van der Waals surface area contributed by atoms with Gasteiger partial charge in [0.05, 0.1) is 0 Å². The maximum Gasteiger partial charge on any atom is 0.321 e. The molecule has 0 aromatic rings. The Morgan fingerprint density at radius 3 is 2.50 bits per heavy atom. The molecule has 0 aromatic heterocycles. The van der Waals surface area contributed by atoms with Crippen LogP contribution in [0.5, 0.6) is 0 Å². The molecule has 1 aliphatic rings. The Morgan fingerprint density at radius 2 is 2.29 bits per heavy atom. The monoisotopic (exact) mass is 236 g/mol. The minimum atomic E-state index is -1.02. The smallest absolute Gasteiger partial charge is 0.321 e. The number of nitrogens with two attached hydrogens (primary N) is 1. The molecule has 0 saturated carbocycles. The topological polar surface area (TPSA) is 92.4 Å². The van der Waals surface area contributed by atoms with Gasteiger partial charge in [-0.2, -0.15) is 12.6 Å². The molecular weight excluding hydrogens is 224 g/mol. The van der Waals surface area contributed by atoms with Crippen LogP contribution >= 0.6 is 24.4 Å². The number of thiol groups is 1. The van der Waals surface area contributed by atoms with E-state index in [4.69, 9.17) is 10.8 Å². The Kier molecular flexibility index (Phi) is 3.68. The van der Waals surface area contributed by atoms with Gasteiger partial charge in [0.15, 0.2) is 0 Å². The van der Waals surface area contributed by atoms with E-state index in [1.165, 1.54) is 11.8 Å². The summed E-state index contributed by atoms with van der Waals surface area (Å²) in [5.41, 5.74) is 5.20. The van der Waals surface area contributed by atoms with Gasteiger partial charge in [0.2, 0.25) is 5.91 Å². The number of thioether (sulfide) groups is 1. The number of aliphatic carboxylic acids is 1. The zero-order valence-corrected chi connectivity index (χ0v) is 9.11. The number of nitrogens with one attached hydrogen (secondary N) is 1. The van der Waals surface area contributed by atoms with Crippen molar-refractivity contribution in [3.63, 3.8) is 0 Å². The molecule has 1 heterocycles. The van der Waals surface area contributed by atoms with E-state index in [-0.39, 0.29) is 5.75 Å². The first-order chi connectivity index (χ1) is 6.52. The zero-order chi connectivity index (χ0) is 10.8. The molecule has 14 heavy (non-hydrogen) atoms. The van der Waals surface area contributed by atoms with Gasteiger partial charge in [-0.3, -0.25) is 14.9 Å². The van der Waals surface area contributed by atoms with Crippen LogP contribution in [0.2, 0.25) is 0 Å². The second-order valence-corrected chi connectivity index (χ2v) is 4.77. The fourth-order valence-corrected chi connectivity index (χ4v) is 2.38. The van der Waals surface area contributed by atoms with E-state index < -0.39 is 22.8 Å². The number of amides is 1. The molecule has 4 N–H and O–H groups in total. The summed E-state index contributed by atoms with van der Waals surface area (Å²) in [5, 5.41) is 11.5. The van der Waals surface area contributed by atoms with Crippen molar-refractivity contribution in [2.45, 2.75) is 17.3 Å². The lowest BCUT2D eigenvalue weighted by molar-refractivity contribution is -0.139. The Labute approximate surface area is 91.2 Å². The number of hydrogen-bond acceptors (Lipinski definition) is 5. The summed E-state index contributed by atoms with van der Waals surface area (Å²) >= 11 is 5.23. The molecule has 0 aliphatic carbocycles. The number of carboxylic acid groups (broad SMARTS) is 1. The standard InChI is InChI=1S/C7H12N2O3S2/c8-6(12)7(1-2-14-7)9-4(3-13)5(10)11/h4,9,13H,1-3H2,(H2,8,12)(H,10,11)/t4-,7?/m0/s1. The van der Waals surface area contributed by atoms with Gasteiger partial charge < -0.3 is 10.8 Å². The molecule has 0 bridgehead atoms. The van der Waals surface area contributed by atoms with E-state index in [0.717, 1.165) is 5.75 Å². The SMILES string of the molecule is NC(=O)C1(N[C@@H](CS)C(=O)O)CCS1. The average molecular weight is 236 g/mol. The van der Waals surface area contributed by atoms with Gasteiger partial charge >= 0.3 is 5.97 Å². The molecule has 0 spiro atoms. The lowest BCUT2D eigenvalue weighted by Crippen LogP contribution is -2.62. The van der Waals surface area contributed by atoms with Crippen molar-refractivity contribution in [3.05, 3.63) is 0 Å². The molecule has 7 heteroatoms. The summed E-state index contributed by atoms with van der Waals surface area (Å²) in [6.45, 7) is 0. The molecule has 80 valence electrons. The zero-order valence-electron chi connectivity index (χ0n) is 7.40. The summed E-state index contributed by atoms with van der Waals surface area (Å²) in [4.78, 5) is 20.9. The fourth-order valence-electron chi connectivity index (χ4n) is 1.15. The summed E-state index contributed by atoms with van der Waals surface area (Å²) in [6, 6.07) is -0.835. The van der Waals surface area contributed by atoms with Crippen LogP contribution in [0.1, 0.15) is 6.42 Å². The van der Waals surface area contributed by atoms with E-state index in [1.807, 2.05) is 0 Å². The highest BCUT2D eigenvalue weighted by Gasteiger charge is 2.45. The van der Waals surface area contributed by atoms with Crippen molar-refractivity contribution >= 4 is 36.3 Å². The van der Waals surface area contributed by atoms with Gasteiger partial charge in [-0.05, 0) is 12.2 Å². The second kappa shape index (κ2) is 4.41. The van der Waals surface area contributed by atoms with Crippen molar-refractivity contribution in [3.8, 4) is 0 Å². The predicted octanol–water partition coefficient (Wildman–Crippen LogP) is -0.722. The fraction of sp³-hybridized carbons (Fsp3) is 0.714. The highest BCUT2D eigenvalue weighted by molar-refractivity contribution is 8.02. The summed E-state index contributed by atoms with van der Waals surface area (Å²) in [5.74, 6) is -0.588. The van der Waals surface area contributed by atoms with Crippen molar-refractivity contribution in [2.24, 2.45) is 5.73 Å². The number of carbonyl (C=O) groups is 2. The third kappa shape index (κ3) is 2.15. The van der Waals surface area contributed by atoms with E-state index in [0.29, 0.717) is 6.42 Å². The molecule has 1 aliphatic heterocycles. The maximum absolute atomic E-state index is 11.1. The van der Waals surface area contributed by atoms with Crippen molar-refractivity contribution in [2.75, 3.05) is 11.5 Å². The molecule has 1 rings (SSSR count). The van der Waals surface area contributed by atoms with Crippen LogP contribution in [0.4, 0.5) is 0 Å². The average Bonchev–Trinajstić information content (AvgIpc) is 2.01. The van der Waals surface area contributed by atoms with Crippen molar-refractivity contribution in [1.82, 2.24) is 5.32 Å². The Bertz CT molecular complexity index is 255. The quantitative estimate of drug-likeness (QED) is 0.473. The number of carbonyl (C=O) groups excluding carboxylic acids is 1. The molecule has 0 aromatic carbocycles. The van der Waals surface area contributed by atoms with Crippen molar-refractivity contribution < 1.29 is 14.7 Å². The molecule has 1 unspecified atom stereocenters.